The molecule has 0 aliphatic heterocycles. The molecule has 0 unspecified atom stereocenters. The Morgan fingerprint density at radius 2 is 1.05 bits per heavy atom. The number of hydrogen-bond acceptors (Lipinski definition) is 3. The highest BCUT2D eigenvalue weighted by Gasteiger charge is 2.22. The summed E-state index contributed by atoms with van der Waals surface area (Å²) in [4.78, 5) is 10.4. The third-order valence-electron chi connectivity index (χ3n) is 3.23. The lowest BCUT2D eigenvalue weighted by Gasteiger charge is -2.21. The van der Waals surface area contributed by atoms with Crippen LogP contribution in [0.4, 0.5) is 0 Å². The lowest BCUT2D eigenvalue weighted by atomic mass is 10.1. The molecule has 0 aliphatic carbocycles. The van der Waals surface area contributed by atoms with Gasteiger partial charge in [0, 0.05) is 11.8 Å². The molecule has 0 spiro atoms. The molecule has 0 fully saturated rings. The summed E-state index contributed by atoms with van der Waals surface area (Å²) in [5.74, 6) is 1.18. The molecule has 5 heteroatoms. The first-order chi connectivity index (χ1) is 9.80. The zero-order valence-corrected chi connectivity index (χ0v) is 14.3. The predicted molar refractivity (Wildman–Crippen MR) is 89.6 cm³/mol. The van der Waals surface area contributed by atoms with Gasteiger partial charge in [-0.25, -0.2) is 0 Å². The van der Waals surface area contributed by atoms with Crippen molar-refractivity contribution in [1.29, 1.82) is 0 Å². The minimum atomic E-state index is -3.41. The van der Waals surface area contributed by atoms with Crippen LogP contribution in [-0.2, 0) is 11.8 Å². The quantitative estimate of drug-likeness (QED) is 0.835. The van der Waals surface area contributed by atoms with Crippen LogP contribution >= 0.6 is 6.72 Å². The Morgan fingerprint density at radius 1 is 0.762 bits per heavy atom. The molecule has 2 aromatic rings. The van der Waals surface area contributed by atoms with Gasteiger partial charge in [0.2, 0.25) is 0 Å². The highest BCUT2D eigenvalue weighted by Crippen LogP contribution is 2.47. The molecule has 0 saturated carbocycles. The molecule has 2 aromatic carbocycles. The van der Waals surface area contributed by atoms with Gasteiger partial charge in [-0.1, -0.05) is 36.4 Å². The monoisotopic (exact) mass is 322 g/mol. The van der Waals surface area contributed by atoms with E-state index in [0.717, 1.165) is 22.3 Å². The molecule has 0 atom stereocenters. The first kappa shape index (κ1) is 16.0. The number of hydrogen-bond donors (Lipinski definition) is 1. The maximum Gasteiger partial charge on any atom is 0.432 e. The van der Waals surface area contributed by atoms with Gasteiger partial charge >= 0.3 is 6.72 Å². The number of para-hydroxylation sites is 2. The molecule has 0 heterocycles. The summed E-state index contributed by atoms with van der Waals surface area (Å²) in [5.41, 5.74) is 3.68. The van der Waals surface area contributed by atoms with Crippen molar-refractivity contribution in [1.82, 2.24) is 0 Å². The van der Waals surface area contributed by atoms with E-state index < -0.39 is 6.72 Å². The third-order valence-corrected chi connectivity index (χ3v) is 4.50. The smallest absolute Gasteiger partial charge is 0.415 e. The second kappa shape index (κ2) is 6.18. The van der Waals surface area contributed by atoms with Crippen LogP contribution in [0.3, 0.4) is 0 Å². The molecular weight excluding hydrogens is 303 g/mol. The van der Waals surface area contributed by atoms with Gasteiger partial charge in [0.1, 0.15) is 11.5 Å². The van der Waals surface area contributed by atoms with E-state index in [1.165, 1.54) is 0 Å². The minimum absolute atomic E-state index is 0.592. The van der Waals surface area contributed by atoms with Crippen molar-refractivity contribution in [3.05, 3.63) is 58.7 Å². The fourth-order valence-corrected chi connectivity index (χ4v) is 3.66. The van der Waals surface area contributed by atoms with Gasteiger partial charge in [-0.3, -0.25) is 0 Å². The summed E-state index contributed by atoms with van der Waals surface area (Å²) in [7, 11) is 0. The normalized spacial score (nSPS) is 11.3. The van der Waals surface area contributed by atoms with Crippen molar-refractivity contribution in [2.45, 2.75) is 27.7 Å². The maximum atomic E-state index is 10.4. The van der Waals surface area contributed by atoms with Gasteiger partial charge in [0.25, 0.3) is 0 Å². The molecule has 2 rings (SSSR count). The van der Waals surface area contributed by atoms with Crippen LogP contribution in [0.2, 0.25) is 0 Å². The Labute approximate surface area is 130 Å². The molecule has 3 nitrogen and oxygen atoms in total. The molecule has 0 aromatic heterocycles. The van der Waals surface area contributed by atoms with Crippen molar-refractivity contribution in [2.24, 2.45) is 0 Å². The summed E-state index contributed by atoms with van der Waals surface area (Å²) in [6.45, 7) is 4.24. The highest BCUT2D eigenvalue weighted by molar-refractivity contribution is 8.07. The van der Waals surface area contributed by atoms with Crippen molar-refractivity contribution < 1.29 is 13.9 Å². The molecule has 0 amide bonds. The summed E-state index contributed by atoms with van der Waals surface area (Å²) in [5, 5.41) is 0. The van der Waals surface area contributed by atoms with Gasteiger partial charge in [0.05, 0.1) is 0 Å². The van der Waals surface area contributed by atoms with E-state index in [9.17, 15) is 4.89 Å². The minimum Gasteiger partial charge on any atom is -0.415 e. The zero-order valence-electron chi connectivity index (χ0n) is 12.6. The molecule has 0 saturated heterocycles. The number of benzene rings is 2. The molecule has 0 radical (unpaired) electrons. The number of rotatable bonds is 4. The Morgan fingerprint density at radius 3 is 1.33 bits per heavy atom. The second-order valence-corrected chi connectivity index (χ2v) is 7.78. The first-order valence-corrected chi connectivity index (χ1v) is 9.23. The van der Waals surface area contributed by atoms with Gasteiger partial charge in [0.15, 0.2) is 0 Å². The van der Waals surface area contributed by atoms with E-state index in [1.807, 2.05) is 64.1 Å². The van der Waals surface area contributed by atoms with Crippen molar-refractivity contribution in [3.63, 3.8) is 0 Å². The van der Waals surface area contributed by atoms with E-state index in [0.29, 0.717) is 11.5 Å². The fourth-order valence-electron chi connectivity index (χ4n) is 2.14. The Hall–Kier alpha value is -1.35. The van der Waals surface area contributed by atoms with E-state index in [1.54, 1.807) is 0 Å². The topological polar surface area (TPSA) is 38.7 Å². The van der Waals surface area contributed by atoms with Crippen LogP contribution in [-0.4, -0.2) is 4.89 Å². The van der Waals surface area contributed by atoms with Crippen LogP contribution < -0.4 is 9.05 Å². The summed E-state index contributed by atoms with van der Waals surface area (Å²) < 4.78 is 11.3. The largest absolute Gasteiger partial charge is 0.432 e. The van der Waals surface area contributed by atoms with E-state index in [4.69, 9.17) is 20.9 Å². The van der Waals surface area contributed by atoms with Crippen LogP contribution in [0.5, 0.6) is 11.5 Å². The fraction of sp³-hybridized carbons (Fsp3) is 0.250. The molecular formula is C16H19O3PS. The van der Waals surface area contributed by atoms with Gasteiger partial charge in [-0.2, -0.15) is 0 Å². The Kier molecular flexibility index (Phi) is 4.72. The summed E-state index contributed by atoms with van der Waals surface area (Å²) in [6.07, 6.45) is 0. The summed E-state index contributed by atoms with van der Waals surface area (Å²) in [6, 6.07) is 11.5. The lowest BCUT2D eigenvalue weighted by Crippen LogP contribution is -2.03. The molecule has 112 valence electrons. The van der Waals surface area contributed by atoms with Gasteiger partial charge < -0.3 is 13.9 Å². The van der Waals surface area contributed by atoms with Crippen LogP contribution in [0.1, 0.15) is 22.3 Å². The number of aryl methyl sites for hydroxylation is 4. The predicted octanol–water partition coefficient (Wildman–Crippen LogP) is 4.59. The third kappa shape index (κ3) is 3.85. The van der Waals surface area contributed by atoms with Gasteiger partial charge in [-0.15, -0.1) is 0 Å². The van der Waals surface area contributed by atoms with E-state index in [2.05, 4.69) is 0 Å². The lowest BCUT2D eigenvalue weighted by molar-refractivity contribution is 0.373. The van der Waals surface area contributed by atoms with Crippen LogP contribution in [0, 0.1) is 27.7 Å². The SMILES string of the molecule is Cc1cccc(C)c1OP(O)(=S)Oc1c(C)cccc1C. The molecule has 0 bridgehead atoms. The molecule has 0 aliphatic rings. The average molecular weight is 322 g/mol. The average Bonchev–Trinajstić information content (AvgIpc) is 2.39. The van der Waals surface area contributed by atoms with Crippen LogP contribution in [0.25, 0.3) is 0 Å². The van der Waals surface area contributed by atoms with Crippen LogP contribution in [0.15, 0.2) is 36.4 Å². The van der Waals surface area contributed by atoms with Crippen molar-refractivity contribution >= 4 is 18.5 Å². The first-order valence-electron chi connectivity index (χ1n) is 6.64. The van der Waals surface area contributed by atoms with Crippen molar-refractivity contribution in [3.8, 4) is 11.5 Å². The maximum absolute atomic E-state index is 10.4. The standard InChI is InChI=1S/C16H19O3PS/c1-11-7-5-8-12(2)15(11)18-20(17,21)19-16-13(3)9-6-10-14(16)4/h5-10H,1-4H3,(H,17,21). The zero-order chi connectivity index (χ0) is 15.6. The second-order valence-electron chi connectivity index (χ2n) is 5.09. The van der Waals surface area contributed by atoms with Crippen molar-refractivity contribution in [2.75, 3.05) is 0 Å². The Balaban J connectivity index is 2.29. The highest BCUT2D eigenvalue weighted by atomic mass is 32.5. The van der Waals surface area contributed by atoms with E-state index >= 15 is 0 Å². The van der Waals surface area contributed by atoms with Gasteiger partial charge in [-0.05, 0) is 49.9 Å². The van der Waals surface area contributed by atoms with E-state index in [-0.39, 0.29) is 0 Å². The summed E-state index contributed by atoms with van der Waals surface area (Å²) >= 11 is 5.17. The molecule has 1 N–H and O–H groups in total. The molecule has 21 heavy (non-hydrogen) atoms. The Bertz CT molecular complexity index is 615.